The van der Waals surface area contributed by atoms with Gasteiger partial charge in [-0.15, -0.1) is 11.8 Å². The van der Waals surface area contributed by atoms with Gasteiger partial charge in [0.2, 0.25) is 20.0 Å². The number of rotatable bonds is 6. The van der Waals surface area contributed by atoms with Gasteiger partial charge >= 0.3 is 0 Å². The van der Waals surface area contributed by atoms with E-state index in [4.69, 9.17) is 10.3 Å². The number of thioether (sulfide) groups is 1. The van der Waals surface area contributed by atoms with E-state index in [9.17, 15) is 26.9 Å². The maximum absolute atomic E-state index is 11.1. The Morgan fingerprint density at radius 1 is 1.20 bits per heavy atom. The smallest absolute Gasteiger partial charge is 0.258 e. The average Bonchev–Trinajstić information content (AvgIpc) is 2.25. The van der Waals surface area contributed by atoms with E-state index >= 15 is 0 Å². The number of hydrogen-bond donors (Lipinski definition) is 2. The fourth-order valence-electron chi connectivity index (χ4n) is 1.21. The third-order valence-corrected chi connectivity index (χ3v) is 5.09. The standard InChI is InChI=1S/C8H11N3O6S3/c9-19(14,15)4-3-18-8-2-1-6(20(10,16)17)5-7(8)11(12)13/h1-2,5H,3-4H2,(H2,9,14,15)(H2,10,16,17). The van der Waals surface area contributed by atoms with E-state index in [0.29, 0.717) is 0 Å². The second kappa shape index (κ2) is 6.05. The lowest BCUT2D eigenvalue weighted by Gasteiger charge is -2.04. The van der Waals surface area contributed by atoms with E-state index in [-0.39, 0.29) is 21.3 Å². The molecule has 0 aliphatic carbocycles. The van der Waals surface area contributed by atoms with E-state index in [1.54, 1.807) is 0 Å². The molecule has 0 saturated heterocycles. The third-order valence-electron chi connectivity index (χ3n) is 2.08. The minimum atomic E-state index is -4.05. The first-order valence-electron chi connectivity index (χ1n) is 4.95. The molecule has 112 valence electrons. The Kier molecular flexibility index (Phi) is 5.10. The Morgan fingerprint density at radius 3 is 2.25 bits per heavy atom. The molecule has 1 aromatic rings. The van der Waals surface area contributed by atoms with Crippen LogP contribution in [0.1, 0.15) is 0 Å². The first-order valence-corrected chi connectivity index (χ1v) is 9.20. The summed E-state index contributed by atoms with van der Waals surface area (Å²) in [5, 5.41) is 20.6. The highest BCUT2D eigenvalue weighted by molar-refractivity contribution is 8.00. The molecule has 0 bridgehead atoms. The molecule has 1 rings (SSSR count). The quantitative estimate of drug-likeness (QED) is 0.404. The number of primary sulfonamides is 2. The Bertz CT molecular complexity index is 728. The van der Waals surface area contributed by atoms with Crippen LogP contribution >= 0.6 is 11.8 Å². The van der Waals surface area contributed by atoms with Crippen molar-refractivity contribution in [3.63, 3.8) is 0 Å². The molecule has 20 heavy (non-hydrogen) atoms. The SMILES string of the molecule is NS(=O)(=O)CCSc1ccc(S(N)(=O)=O)cc1[N+](=O)[O-]. The van der Waals surface area contributed by atoms with Crippen LogP contribution in [0.5, 0.6) is 0 Å². The summed E-state index contributed by atoms with van der Waals surface area (Å²) in [5.74, 6) is -0.347. The number of hydrogen-bond acceptors (Lipinski definition) is 7. The van der Waals surface area contributed by atoms with Gasteiger partial charge in [0.05, 0.1) is 20.5 Å². The second-order valence-corrected chi connectivity index (χ2v) is 8.08. The molecule has 4 N–H and O–H groups in total. The lowest BCUT2D eigenvalue weighted by atomic mass is 10.3. The highest BCUT2D eigenvalue weighted by Gasteiger charge is 2.19. The summed E-state index contributed by atoms with van der Waals surface area (Å²) in [6.07, 6.45) is 0. The van der Waals surface area contributed by atoms with E-state index in [1.165, 1.54) is 6.07 Å². The number of nitro groups is 1. The largest absolute Gasteiger partial charge is 0.284 e. The Labute approximate surface area is 119 Å². The highest BCUT2D eigenvalue weighted by Crippen LogP contribution is 2.31. The van der Waals surface area contributed by atoms with Gasteiger partial charge in [-0.3, -0.25) is 10.1 Å². The minimum absolute atomic E-state index is 0.00833. The summed E-state index contributed by atoms with van der Waals surface area (Å²) in [6.45, 7) is 0. The molecule has 0 aliphatic rings. The molecule has 9 nitrogen and oxygen atoms in total. The van der Waals surface area contributed by atoms with Gasteiger partial charge in [-0.1, -0.05) is 0 Å². The number of nitro benzene ring substituents is 1. The van der Waals surface area contributed by atoms with Gasteiger partial charge in [-0.25, -0.2) is 27.1 Å². The van der Waals surface area contributed by atoms with E-state index in [2.05, 4.69) is 0 Å². The van der Waals surface area contributed by atoms with Crippen molar-refractivity contribution in [2.75, 3.05) is 11.5 Å². The van der Waals surface area contributed by atoms with Crippen LogP contribution in [0.4, 0.5) is 5.69 Å². The van der Waals surface area contributed by atoms with Crippen molar-refractivity contribution in [2.45, 2.75) is 9.79 Å². The van der Waals surface area contributed by atoms with Crippen LogP contribution in [0.25, 0.3) is 0 Å². The first-order chi connectivity index (χ1) is 9.00. The molecule has 0 unspecified atom stereocenters. The Balaban J connectivity index is 3.06. The van der Waals surface area contributed by atoms with Crippen molar-refractivity contribution in [3.8, 4) is 0 Å². The number of nitrogens with two attached hydrogens (primary N) is 2. The molecular weight excluding hydrogens is 330 g/mol. The van der Waals surface area contributed by atoms with E-state index in [0.717, 1.165) is 23.9 Å². The molecule has 1 aromatic carbocycles. The minimum Gasteiger partial charge on any atom is -0.258 e. The van der Waals surface area contributed by atoms with Gasteiger partial charge in [-0.2, -0.15) is 0 Å². The van der Waals surface area contributed by atoms with Crippen LogP contribution in [0.15, 0.2) is 28.0 Å². The van der Waals surface area contributed by atoms with Crippen LogP contribution in [-0.2, 0) is 20.0 Å². The summed E-state index contributed by atoms with van der Waals surface area (Å²) in [7, 11) is -7.71. The average molecular weight is 341 g/mol. The number of nitrogens with zero attached hydrogens (tertiary/aromatic N) is 1. The first kappa shape index (κ1) is 16.8. The summed E-state index contributed by atoms with van der Waals surface area (Å²) in [5.41, 5.74) is -0.462. The molecule has 12 heteroatoms. The zero-order chi connectivity index (χ0) is 15.6. The molecule has 0 heterocycles. The normalized spacial score (nSPS) is 12.3. The van der Waals surface area contributed by atoms with Crippen LogP contribution in [0.2, 0.25) is 0 Å². The molecule has 0 amide bonds. The molecule has 0 aromatic heterocycles. The van der Waals surface area contributed by atoms with Crippen LogP contribution in [0.3, 0.4) is 0 Å². The molecule has 0 saturated carbocycles. The number of sulfonamides is 2. The molecule has 0 fully saturated rings. The highest BCUT2D eigenvalue weighted by atomic mass is 32.2. The predicted octanol–water partition coefficient (Wildman–Crippen LogP) is -0.377. The lowest BCUT2D eigenvalue weighted by Crippen LogP contribution is -2.17. The zero-order valence-corrected chi connectivity index (χ0v) is 12.4. The predicted molar refractivity (Wildman–Crippen MR) is 73.2 cm³/mol. The summed E-state index contributed by atoms with van der Waals surface area (Å²) in [6, 6.07) is 3.14. The van der Waals surface area contributed by atoms with Gasteiger partial charge in [0.25, 0.3) is 5.69 Å². The molecule has 0 radical (unpaired) electrons. The number of benzene rings is 1. The lowest BCUT2D eigenvalue weighted by molar-refractivity contribution is -0.388. The molecular formula is C8H11N3O6S3. The maximum Gasteiger partial charge on any atom is 0.284 e. The van der Waals surface area contributed by atoms with Crippen molar-refractivity contribution in [1.29, 1.82) is 0 Å². The zero-order valence-electron chi connectivity index (χ0n) is 9.92. The van der Waals surface area contributed by atoms with E-state index in [1.807, 2.05) is 0 Å². The second-order valence-electron chi connectivity index (χ2n) is 3.65. The van der Waals surface area contributed by atoms with Gasteiger partial charge in [-0.05, 0) is 12.1 Å². The van der Waals surface area contributed by atoms with Crippen molar-refractivity contribution in [2.24, 2.45) is 10.3 Å². The maximum atomic E-state index is 11.1. The Hall–Kier alpha value is -1.21. The van der Waals surface area contributed by atoms with Crippen molar-refractivity contribution in [3.05, 3.63) is 28.3 Å². The van der Waals surface area contributed by atoms with Gasteiger partial charge in [0, 0.05) is 11.8 Å². The van der Waals surface area contributed by atoms with Crippen LogP contribution in [0, 0.1) is 10.1 Å². The van der Waals surface area contributed by atoms with Gasteiger partial charge < -0.3 is 0 Å². The van der Waals surface area contributed by atoms with Crippen LogP contribution < -0.4 is 10.3 Å². The summed E-state index contributed by atoms with van der Waals surface area (Å²) < 4.78 is 43.8. The molecule has 0 atom stereocenters. The fourth-order valence-corrected chi connectivity index (χ4v) is 3.67. The summed E-state index contributed by atoms with van der Waals surface area (Å²) in [4.78, 5) is 9.85. The molecule has 0 spiro atoms. The fraction of sp³-hybridized carbons (Fsp3) is 0.250. The molecule has 0 aliphatic heterocycles. The summed E-state index contributed by atoms with van der Waals surface area (Å²) >= 11 is 0.885. The van der Waals surface area contributed by atoms with Crippen molar-refractivity contribution in [1.82, 2.24) is 0 Å². The topological polar surface area (TPSA) is 163 Å². The van der Waals surface area contributed by atoms with Crippen molar-refractivity contribution >= 4 is 37.5 Å². The Morgan fingerprint density at radius 2 is 1.80 bits per heavy atom. The monoisotopic (exact) mass is 341 g/mol. The van der Waals surface area contributed by atoms with Gasteiger partial charge in [0.1, 0.15) is 0 Å². The van der Waals surface area contributed by atoms with E-state index < -0.39 is 30.7 Å². The van der Waals surface area contributed by atoms with Crippen LogP contribution in [-0.4, -0.2) is 33.3 Å². The van der Waals surface area contributed by atoms with Crippen molar-refractivity contribution < 1.29 is 21.8 Å². The van der Waals surface area contributed by atoms with Gasteiger partial charge in [0.15, 0.2) is 0 Å². The third kappa shape index (κ3) is 5.05.